The average molecular weight is 361 g/mol. The molecule has 2 rings (SSSR count). The molecule has 2 aromatic rings. The highest BCUT2D eigenvalue weighted by atomic mass is 32.2. The van der Waals surface area contributed by atoms with Crippen LogP contribution in [0.25, 0.3) is 0 Å². The lowest BCUT2D eigenvalue weighted by molar-refractivity contribution is -0.385. The molecule has 0 aliphatic heterocycles. The number of ether oxygens (including phenoxy) is 1. The van der Waals surface area contributed by atoms with Crippen LogP contribution in [0.2, 0.25) is 0 Å². The summed E-state index contributed by atoms with van der Waals surface area (Å²) in [5.74, 6) is -0.411. The maximum atomic E-state index is 12.0. The zero-order valence-corrected chi connectivity index (χ0v) is 15.1. The fourth-order valence-corrected chi connectivity index (χ4v) is 2.89. The Kier molecular flexibility index (Phi) is 6.46. The fraction of sp³-hybridized carbons (Fsp3) is 0.353. The van der Waals surface area contributed by atoms with E-state index in [9.17, 15) is 14.9 Å². The van der Waals surface area contributed by atoms with Gasteiger partial charge < -0.3 is 4.74 Å². The van der Waals surface area contributed by atoms with Crippen molar-refractivity contribution in [2.24, 2.45) is 0 Å². The van der Waals surface area contributed by atoms with Gasteiger partial charge in [0.25, 0.3) is 5.69 Å². The highest BCUT2D eigenvalue weighted by Crippen LogP contribution is 2.20. The number of nitro benzene ring substituents is 1. The average Bonchev–Trinajstić information content (AvgIpc) is 2.59. The van der Waals surface area contributed by atoms with Crippen molar-refractivity contribution in [1.29, 1.82) is 0 Å². The van der Waals surface area contributed by atoms with Crippen LogP contribution in [-0.4, -0.2) is 27.1 Å². The van der Waals surface area contributed by atoms with E-state index in [2.05, 4.69) is 9.97 Å². The number of esters is 1. The fourth-order valence-electron chi connectivity index (χ4n) is 2.43. The number of benzene rings is 1. The number of aromatic nitrogens is 2. The predicted molar refractivity (Wildman–Crippen MR) is 94.5 cm³/mol. The van der Waals surface area contributed by atoms with Gasteiger partial charge in [-0.1, -0.05) is 23.9 Å². The van der Waals surface area contributed by atoms with Crippen molar-refractivity contribution in [2.75, 3.05) is 6.26 Å². The maximum Gasteiger partial charge on any atom is 0.306 e. The first kappa shape index (κ1) is 18.9. The number of carbonyl (C=O) groups is 1. The number of hydrogen-bond acceptors (Lipinski definition) is 7. The first-order valence-corrected chi connectivity index (χ1v) is 8.91. The number of thioether (sulfide) groups is 1. The Balaban J connectivity index is 1.95. The molecule has 1 aromatic heterocycles. The normalized spacial score (nSPS) is 10.5. The second kappa shape index (κ2) is 8.57. The summed E-state index contributed by atoms with van der Waals surface area (Å²) in [5, 5.41) is 11.7. The number of rotatable bonds is 7. The molecule has 0 unspecified atom stereocenters. The van der Waals surface area contributed by atoms with E-state index in [4.69, 9.17) is 4.74 Å². The lowest BCUT2D eigenvalue weighted by Gasteiger charge is -2.10. The molecule has 0 spiro atoms. The van der Waals surface area contributed by atoms with E-state index in [0.29, 0.717) is 17.1 Å². The largest absolute Gasteiger partial charge is 0.461 e. The number of nitro groups is 1. The first-order chi connectivity index (χ1) is 11.9. The second-order valence-corrected chi connectivity index (χ2v) is 6.18. The zero-order valence-electron chi connectivity index (χ0n) is 14.3. The standard InChI is InChI=1S/C17H19N3O4S/c1-11-14(12(2)19-17(18-11)25-3)8-9-16(21)24-10-13-6-4-5-7-15(13)20(22)23/h4-7H,8-10H2,1-3H3. The minimum Gasteiger partial charge on any atom is -0.461 e. The van der Waals surface area contributed by atoms with Crippen LogP contribution >= 0.6 is 11.8 Å². The van der Waals surface area contributed by atoms with Gasteiger partial charge >= 0.3 is 5.97 Å². The van der Waals surface area contributed by atoms with Crippen LogP contribution in [0.3, 0.4) is 0 Å². The molecule has 0 bridgehead atoms. The molecule has 0 atom stereocenters. The molecule has 0 aliphatic rings. The molecule has 0 radical (unpaired) electrons. The van der Waals surface area contributed by atoms with Gasteiger partial charge in [0.2, 0.25) is 0 Å². The van der Waals surface area contributed by atoms with Crippen molar-refractivity contribution in [1.82, 2.24) is 9.97 Å². The number of para-hydroxylation sites is 1. The van der Waals surface area contributed by atoms with Crippen molar-refractivity contribution >= 4 is 23.4 Å². The van der Waals surface area contributed by atoms with Crippen molar-refractivity contribution in [3.05, 3.63) is 56.9 Å². The third-order valence-electron chi connectivity index (χ3n) is 3.74. The third-order valence-corrected chi connectivity index (χ3v) is 4.29. The Morgan fingerprint density at radius 3 is 2.48 bits per heavy atom. The second-order valence-electron chi connectivity index (χ2n) is 5.41. The molecular weight excluding hydrogens is 342 g/mol. The van der Waals surface area contributed by atoms with E-state index in [1.54, 1.807) is 18.2 Å². The highest BCUT2D eigenvalue weighted by molar-refractivity contribution is 7.98. The Hall–Kier alpha value is -2.48. The van der Waals surface area contributed by atoms with E-state index >= 15 is 0 Å². The number of nitrogens with zero attached hydrogens (tertiary/aromatic N) is 3. The van der Waals surface area contributed by atoms with Crippen LogP contribution in [0.5, 0.6) is 0 Å². The Morgan fingerprint density at radius 1 is 1.24 bits per heavy atom. The van der Waals surface area contributed by atoms with Gasteiger partial charge in [-0.3, -0.25) is 14.9 Å². The van der Waals surface area contributed by atoms with E-state index in [1.165, 1.54) is 17.8 Å². The van der Waals surface area contributed by atoms with Crippen molar-refractivity contribution in [3.63, 3.8) is 0 Å². The molecule has 0 saturated carbocycles. The zero-order chi connectivity index (χ0) is 18.4. The molecule has 0 N–H and O–H groups in total. The number of hydrogen-bond donors (Lipinski definition) is 0. The summed E-state index contributed by atoms with van der Waals surface area (Å²) < 4.78 is 5.18. The number of carbonyl (C=O) groups excluding carboxylic acids is 1. The van der Waals surface area contributed by atoms with Gasteiger partial charge in [0, 0.05) is 23.9 Å². The van der Waals surface area contributed by atoms with Crippen LogP contribution < -0.4 is 0 Å². The Labute approximate surface area is 150 Å². The summed E-state index contributed by atoms with van der Waals surface area (Å²) >= 11 is 1.47. The van der Waals surface area contributed by atoms with E-state index < -0.39 is 10.9 Å². The summed E-state index contributed by atoms with van der Waals surface area (Å²) in [6, 6.07) is 6.22. The van der Waals surface area contributed by atoms with E-state index in [0.717, 1.165) is 17.0 Å². The monoisotopic (exact) mass is 361 g/mol. The molecule has 25 heavy (non-hydrogen) atoms. The van der Waals surface area contributed by atoms with Crippen LogP contribution in [-0.2, 0) is 22.6 Å². The SMILES string of the molecule is CSc1nc(C)c(CCC(=O)OCc2ccccc2[N+](=O)[O-])c(C)n1. The quantitative estimate of drug-likeness (QED) is 0.245. The molecule has 0 saturated heterocycles. The Bertz CT molecular complexity index is 772. The van der Waals surface area contributed by atoms with Gasteiger partial charge in [-0.2, -0.15) is 0 Å². The van der Waals surface area contributed by atoms with Gasteiger partial charge in [0.1, 0.15) is 6.61 Å². The van der Waals surface area contributed by atoms with Crippen LogP contribution in [0, 0.1) is 24.0 Å². The maximum absolute atomic E-state index is 12.0. The summed E-state index contributed by atoms with van der Waals surface area (Å²) in [5.41, 5.74) is 2.95. The third kappa shape index (κ3) is 4.99. The van der Waals surface area contributed by atoms with Gasteiger partial charge in [0.05, 0.1) is 10.5 Å². The molecule has 1 heterocycles. The topological polar surface area (TPSA) is 95.2 Å². The van der Waals surface area contributed by atoms with Crippen molar-refractivity contribution in [3.8, 4) is 0 Å². The molecule has 132 valence electrons. The van der Waals surface area contributed by atoms with Crippen molar-refractivity contribution < 1.29 is 14.5 Å². The Morgan fingerprint density at radius 2 is 1.88 bits per heavy atom. The molecule has 0 amide bonds. The minimum atomic E-state index is -0.486. The lowest BCUT2D eigenvalue weighted by atomic mass is 10.1. The van der Waals surface area contributed by atoms with Crippen LogP contribution in [0.1, 0.15) is 28.9 Å². The van der Waals surface area contributed by atoms with Crippen LogP contribution in [0.4, 0.5) is 5.69 Å². The summed E-state index contributed by atoms with van der Waals surface area (Å²) in [6.07, 6.45) is 2.56. The van der Waals surface area contributed by atoms with E-state index in [-0.39, 0.29) is 18.7 Å². The molecule has 1 aromatic carbocycles. The van der Waals surface area contributed by atoms with Gasteiger partial charge in [0.15, 0.2) is 5.16 Å². The van der Waals surface area contributed by atoms with Gasteiger partial charge in [-0.25, -0.2) is 9.97 Å². The summed E-state index contributed by atoms with van der Waals surface area (Å²) in [6.45, 7) is 3.67. The van der Waals surface area contributed by atoms with Gasteiger partial charge in [-0.15, -0.1) is 0 Å². The smallest absolute Gasteiger partial charge is 0.306 e. The summed E-state index contributed by atoms with van der Waals surface area (Å²) in [4.78, 5) is 31.2. The highest BCUT2D eigenvalue weighted by Gasteiger charge is 2.15. The summed E-state index contributed by atoms with van der Waals surface area (Å²) in [7, 11) is 0. The first-order valence-electron chi connectivity index (χ1n) is 7.68. The molecule has 0 aliphatic carbocycles. The number of aryl methyl sites for hydroxylation is 2. The lowest BCUT2D eigenvalue weighted by Crippen LogP contribution is -2.09. The minimum absolute atomic E-state index is 0.0527. The molecule has 8 heteroatoms. The molecule has 7 nitrogen and oxygen atoms in total. The van der Waals surface area contributed by atoms with E-state index in [1.807, 2.05) is 20.1 Å². The molecular formula is C17H19N3O4S. The predicted octanol–water partition coefficient (Wildman–Crippen LogP) is 3.40. The van der Waals surface area contributed by atoms with Crippen LogP contribution in [0.15, 0.2) is 29.4 Å². The van der Waals surface area contributed by atoms with Gasteiger partial charge in [-0.05, 0) is 38.2 Å². The van der Waals surface area contributed by atoms with Crippen molar-refractivity contribution in [2.45, 2.75) is 38.5 Å². The molecule has 0 fully saturated rings.